The molecule has 192 valence electrons. The van der Waals surface area contributed by atoms with Crippen molar-refractivity contribution in [1.82, 2.24) is 14.9 Å². The number of alkyl halides is 3. The second kappa shape index (κ2) is 12.9. The Morgan fingerprint density at radius 2 is 1.67 bits per heavy atom. The Balaban J connectivity index is 0.000000454. The van der Waals surface area contributed by atoms with E-state index in [-0.39, 0.29) is 11.8 Å². The highest BCUT2D eigenvalue weighted by atomic mass is 19.4. The van der Waals surface area contributed by atoms with Crippen molar-refractivity contribution in [2.24, 2.45) is 5.92 Å². The first-order valence-electron chi connectivity index (χ1n) is 12.0. The van der Waals surface area contributed by atoms with Crippen LogP contribution in [-0.2, 0) is 22.6 Å². The topological polar surface area (TPSA) is 84.2 Å². The number of fused-ring (bicyclic) bond motifs is 1. The Kier molecular flexibility index (Phi) is 9.67. The first-order valence-corrected chi connectivity index (χ1v) is 12.0. The zero-order chi connectivity index (χ0) is 26.0. The van der Waals surface area contributed by atoms with Gasteiger partial charge in [0.05, 0.1) is 11.0 Å². The van der Waals surface area contributed by atoms with Crippen molar-refractivity contribution in [3.63, 3.8) is 0 Å². The smallest absolute Gasteiger partial charge is 0.475 e. The molecule has 36 heavy (non-hydrogen) atoms. The van der Waals surface area contributed by atoms with Crippen LogP contribution < -0.4 is 5.32 Å². The highest BCUT2D eigenvalue weighted by Gasteiger charge is 2.38. The van der Waals surface area contributed by atoms with Gasteiger partial charge in [0, 0.05) is 25.4 Å². The van der Waals surface area contributed by atoms with Crippen LogP contribution in [0.15, 0.2) is 60.7 Å². The van der Waals surface area contributed by atoms with E-state index in [1.165, 1.54) is 24.8 Å². The normalized spacial score (nSPS) is 14.4. The number of rotatable bonds is 7. The van der Waals surface area contributed by atoms with E-state index < -0.39 is 12.1 Å². The number of aromatic nitrogens is 2. The molecule has 2 N–H and O–H groups in total. The number of hydrogen-bond donors (Lipinski definition) is 2. The highest BCUT2D eigenvalue weighted by molar-refractivity contribution is 5.79. The molecule has 0 radical (unpaired) electrons. The van der Waals surface area contributed by atoms with Crippen LogP contribution in [0.2, 0.25) is 0 Å². The molecule has 1 aliphatic rings. The minimum Gasteiger partial charge on any atom is -0.475 e. The van der Waals surface area contributed by atoms with Gasteiger partial charge in [-0.1, -0.05) is 73.9 Å². The molecule has 0 spiro atoms. The lowest BCUT2D eigenvalue weighted by atomic mass is 9.89. The molecular formula is C27H30F3N3O3. The van der Waals surface area contributed by atoms with E-state index in [9.17, 15) is 18.0 Å². The fourth-order valence-corrected chi connectivity index (χ4v) is 4.18. The van der Waals surface area contributed by atoms with Crippen molar-refractivity contribution in [3.8, 4) is 0 Å². The summed E-state index contributed by atoms with van der Waals surface area (Å²) in [7, 11) is 0. The number of carboxylic acid groups (broad SMARTS) is 1. The first-order chi connectivity index (χ1) is 17.3. The number of aliphatic carboxylic acids is 1. The van der Waals surface area contributed by atoms with Crippen molar-refractivity contribution in [3.05, 3.63) is 72.1 Å². The summed E-state index contributed by atoms with van der Waals surface area (Å²) in [6.45, 7) is 1.41. The summed E-state index contributed by atoms with van der Waals surface area (Å²) in [4.78, 5) is 26.1. The Labute approximate surface area is 207 Å². The minimum absolute atomic E-state index is 0.205. The van der Waals surface area contributed by atoms with E-state index in [0.717, 1.165) is 42.7 Å². The zero-order valence-electron chi connectivity index (χ0n) is 19.9. The van der Waals surface area contributed by atoms with Gasteiger partial charge < -0.3 is 15.0 Å². The fraction of sp³-hybridized carbons (Fsp3) is 0.370. The summed E-state index contributed by atoms with van der Waals surface area (Å²) in [6, 6.07) is 18.6. The molecule has 1 amide bonds. The molecule has 9 heteroatoms. The number of carboxylic acids is 1. The highest BCUT2D eigenvalue weighted by Crippen LogP contribution is 2.23. The van der Waals surface area contributed by atoms with Crippen LogP contribution in [-0.4, -0.2) is 39.3 Å². The molecule has 2 aromatic carbocycles. The second-order valence-electron chi connectivity index (χ2n) is 8.62. The van der Waals surface area contributed by atoms with Gasteiger partial charge >= 0.3 is 12.1 Å². The minimum atomic E-state index is -5.08. The molecule has 3 aromatic rings. The summed E-state index contributed by atoms with van der Waals surface area (Å²) >= 11 is 0. The van der Waals surface area contributed by atoms with Gasteiger partial charge in [-0.15, -0.1) is 0 Å². The van der Waals surface area contributed by atoms with Crippen LogP contribution in [0, 0.1) is 5.92 Å². The summed E-state index contributed by atoms with van der Waals surface area (Å²) in [5.41, 5.74) is 3.34. The molecular weight excluding hydrogens is 471 g/mol. The average molecular weight is 502 g/mol. The van der Waals surface area contributed by atoms with Crippen LogP contribution >= 0.6 is 0 Å². The lowest BCUT2D eigenvalue weighted by Gasteiger charge is -2.20. The Hall–Kier alpha value is -3.62. The van der Waals surface area contributed by atoms with Gasteiger partial charge in [0.25, 0.3) is 0 Å². The van der Waals surface area contributed by atoms with Gasteiger partial charge in [-0.3, -0.25) is 4.79 Å². The fourth-order valence-electron chi connectivity index (χ4n) is 4.18. The number of carbonyl (C=O) groups excluding carboxylic acids is 1. The first kappa shape index (κ1) is 27.0. The van der Waals surface area contributed by atoms with E-state index in [2.05, 4.69) is 52.4 Å². The third-order valence-corrected chi connectivity index (χ3v) is 6.00. The summed E-state index contributed by atoms with van der Waals surface area (Å²) in [5.74, 6) is -1.31. The summed E-state index contributed by atoms with van der Waals surface area (Å²) in [5, 5.41) is 10.3. The monoisotopic (exact) mass is 501 g/mol. The van der Waals surface area contributed by atoms with Gasteiger partial charge in [-0.2, -0.15) is 13.2 Å². The van der Waals surface area contributed by atoms with E-state index >= 15 is 0 Å². The molecule has 6 nitrogen and oxygen atoms in total. The lowest BCUT2D eigenvalue weighted by Crippen LogP contribution is -2.33. The predicted molar refractivity (Wildman–Crippen MR) is 132 cm³/mol. The van der Waals surface area contributed by atoms with Gasteiger partial charge in [-0.05, 0) is 30.5 Å². The molecule has 1 fully saturated rings. The van der Waals surface area contributed by atoms with Gasteiger partial charge in [0.15, 0.2) is 0 Å². The number of nitrogens with zero attached hydrogens (tertiary/aromatic N) is 2. The second-order valence-corrected chi connectivity index (χ2v) is 8.62. The van der Waals surface area contributed by atoms with Gasteiger partial charge in [-0.25, -0.2) is 9.78 Å². The molecule has 0 unspecified atom stereocenters. The Morgan fingerprint density at radius 1 is 1.03 bits per heavy atom. The van der Waals surface area contributed by atoms with E-state index in [0.29, 0.717) is 6.54 Å². The largest absolute Gasteiger partial charge is 0.490 e. The zero-order valence-corrected chi connectivity index (χ0v) is 19.9. The maximum Gasteiger partial charge on any atom is 0.490 e. The van der Waals surface area contributed by atoms with Crippen molar-refractivity contribution >= 4 is 29.0 Å². The molecule has 0 aliphatic heterocycles. The number of nitrogens with one attached hydrogen (secondary N) is 1. The van der Waals surface area contributed by atoms with Crippen molar-refractivity contribution in [1.29, 1.82) is 0 Å². The van der Waals surface area contributed by atoms with E-state index in [1.54, 1.807) is 0 Å². The van der Waals surface area contributed by atoms with E-state index in [1.807, 2.05) is 24.3 Å². The quantitative estimate of drug-likeness (QED) is 0.440. The molecule has 4 rings (SSSR count). The van der Waals surface area contributed by atoms with Crippen LogP contribution in [0.3, 0.4) is 0 Å². The average Bonchev–Trinajstić information content (AvgIpc) is 3.22. The number of carbonyl (C=O) groups is 2. The Morgan fingerprint density at radius 3 is 2.33 bits per heavy atom. The van der Waals surface area contributed by atoms with Crippen molar-refractivity contribution in [2.45, 2.75) is 51.2 Å². The van der Waals surface area contributed by atoms with Crippen LogP contribution in [0.5, 0.6) is 0 Å². The number of benzene rings is 2. The number of halogens is 3. The number of amides is 1. The standard InChI is InChI=1S/C25H29N3O.C2HF3O2/c29-25(21-13-5-2-6-14-21)26-18-17-24-27-22-15-7-8-16-23(22)28(24)19-9-12-20-10-3-1-4-11-20;3-2(4,5)1(6)7/h1,3-4,7-12,15-16,21H,2,5-6,13-14,17-19H2,(H,26,29);(H,6,7)/b12-9+;. The predicted octanol–water partition coefficient (Wildman–Crippen LogP) is 5.62. The van der Waals surface area contributed by atoms with Gasteiger partial charge in [0.1, 0.15) is 5.82 Å². The number of para-hydroxylation sites is 2. The lowest BCUT2D eigenvalue weighted by molar-refractivity contribution is -0.192. The molecule has 1 aromatic heterocycles. The number of allylic oxidation sites excluding steroid dienone is 1. The maximum atomic E-state index is 12.4. The van der Waals surface area contributed by atoms with Crippen LogP contribution in [0.4, 0.5) is 13.2 Å². The Bertz CT molecular complexity index is 1170. The third kappa shape index (κ3) is 7.96. The third-order valence-electron chi connectivity index (χ3n) is 6.00. The van der Waals surface area contributed by atoms with Crippen LogP contribution in [0.1, 0.15) is 43.5 Å². The maximum absolute atomic E-state index is 12.4. The van der Waals surface area contributed by atoms with Gasteiger partial charge in [0.2, 0.25) is 5.91 Å². The molecule has 0 atom stereocenters. The van der Waals surface area contributed by atoms with E-state index in [4.69, 9.17) is 14.9 Å². The molecule has 0 saturated heterocycles. The van der Waals surface area contributed by atoms with Crippen LogP contribution in [0.25, 0.3) is 17.1 Å². The van der Waals surface area contributed by atoms with Crippen molar-refractivity contribution in [2.75, 3.05) is 6.54 Å². The number of hydrogen-bond acceptors (Lipinski definition) is 3. The molecule has 0 bridgehead atoms. The molecule has 1 heterocycles. The SMILES string of the molecule is O=C(NCCc1nc2ccccc2n1C/C=C/c1ccccc1)C1CCCCC1.O=C(O)C(F)(F)F. The van der Waals surface area contributed by atoms with Crippen molar-refractivity contribution < 1.29 is 27.9 Å². The number of imidazole rings is 1. The summed E-state index contributed by atoms with van der Waals surface area (Å²) in [6.07, 6.45) is 5.68. The summed E-state index contributed by atoms with van der Waals surface area (Å²) < 4.78 is 34.0. The molecule has 1 aliphatic carbocycles. The molecule has 1 saturated carbocycles.